The Kier molecular flexibility index (Phi) is 5.26. The van der Waals surface area contributed by atoms with Crippen molar-refractivity contribution in [1.29, 1.82) is 0 Å². The first-order valence-electron chi connectivity index (χ1n) is 6.21. The van der Waals surface area contributed by atoms with Gasteiger partial charge in [0, 0.05) is 19.3 Å². The van der Waals surface area contributed by atoms with Gasteiger partial charge in [0.1, 0.15) is 11.6 Å². The third-order valence-electron chi connectivity index (χ3n) is 3.03. The molecule has 0 amide bonds. The summed E-state index contributed by atoms with van der Waals surface area (Å²) in [7, 11) is 0. The van der Waals surface area contributed by atoms with Gasteiger partial charge in [-0.2, -0.15) is 0 Å². The average Bonchev–Trinajstić information content (AvgIpc) is 2.41. The van der Waals surface area contributed by atoms with Crippen molar-refractivity contribution < 1.29 is 9.50 Å². The number of hydrogen-bond acceptors (Lipinski definition) is 2. The molecule has 2 nitrogen and oxygen atoms in total. The van der Waals surface area contributed by atoms with Crippen molar-refractivity contribution in [2.75, 3.05) is 5.32 Å². The zero-order chi connectivity index (χ0) is 14.7. The first kappa shape index (κ1) is 15.6. The number of halogens is 3. The van der Waals surface area contributed by atoms with Gasteiger partial charge >= 0.3 is 0 Å². The molecular formula is C15H14BrFINO. The van der Waals surface area contributed by atoms with E-state index in [0.29, 0.717) is 0 Å². The third-order valence-corrected chi connectivity index (χ3v) is 4.42. The van der Waals surface area contributed by atoms with Crippen molar-refractivity contribution in [2.45, 2.75) is 19.4 Å². The molecule has 0 bridgehead atoms. The highest BCUT2D eigenvalue weighted by Gasteiger charge is 2.15. The van der Waals surface area contributed by atoms with E-state index in [4.69, 9.17) is 0 Å². The number of anilines is 1. The largest absolute Gasteiger partial charge is 0.508 e. The third kappa shape index (κ3) is 3.63. The summed E-state index contributed by atoms with van der Waals surface area (Å²) in [5.41, 5.74) is 1.68. The highest BCUT2D eigenvalue weighted by molar-refractivity contribution is 14.1. The Morgan fingerprint density at radius 2 is 2.05 bits per heavy atom. The lowest BCUT2D eigenvalue weighted by atomic mass is 10.0. The molecule has 2 aromatic rings. The quantitative estimate of drug-likeness (QED) is 0.607. The van der Waals surface area contributed by atoms with Gasteiger partial charge in [0.15, 0.2) is 0 Å². The van der Waals surface area contributed by atoms with Gasteiger partial charge in [0.25, 0.3) is 0 Å². The van der Waals surface area contributed by atoms with E-state index in [1.165, 1.54) is 12.1 Å². The second-order valence-electron chi connectivity index (χ2n) is 4.43. The van der Waals surface area contributed by atoms with E-state index in [9.17, 15) is 9.50 Å². The van der Waals surface area contributed by atoms with Crippen molar-refractivity contribution >= 4 is 44.2 Å². The Morgan fingerprint density at radius 1 is 1.30 bits per heavy atom. The Balaban J connectivity index is 2.31. The number of phenolic OH excluding ortho intramolecular Hbond substituents is 1. The summed E-state index contributed by atoms with van der Waals surface area (Å²) in [5, 5.41) is 13.4. The van der Waals surface area contributed by atoms with E-state index in [2.05, 4.69) is 43.8 Å². The van der Waals surface area contributed by atoms with Crippen LogP contribution in [0, 0.1) is 9.39 Å². The fraction of sp³-hybridized carbons (Fsp3) is 0.200. The van der Waals surface area contributed by atoms with Gasteiger partial charge in [-0.1, -0.05) is 22.9 Å². The predicted molar refractivity (Wildman–Crippen MR) is 91.6 cm³/mol. The summed E-state index contributed by atoms with van der Waals surface area (Å²) >= 11 is 5.51. The molecule has 0 saturated carbocycles. The van der Waals surface area contributed by atoms with Crippen LogP contribution in [-0.2, 0) is 0 Å². The number of aromatic hydroxyl groups is 1. The summed E-state index contributed by atoms with van der Waals surface area (Å²) in [6, 6.07) is 9.95. The van der Waals surface area contributed by atoms with Crippen LogP contribution in [0.3, 0.4) is 0 Å². The van der Waals surface area contributed by atoms with Crippen LogP contribution in [0.2, 0.25) is 0 Å². The maximum absolute atomic E-state index is 13.1. The minimum Gasteiger partial charge on any atom is -0.508 e. The van der Waals surface area contributed by atoms with Crippen LogP contribution in [0.15, 0.2) is 40.9 Å². The fourth-order valence-corrected chi connectivity index (χ4v) is 3.01. The minimum atomic E-state index is -0.252. The topological polar surface area (TPSA) is 32.3 Å². The summed E-state index contributed by atoms with van der Waals surface area (Å²) in [6.07, 6.45) is 0.803. The van der Waals surface area contributed by atoms with Crippen LogP contribution in [0.5, 0.6) is 5.75 Å². The molecule has 2 rings (SSSR count). The van der Waals surface area contributed by atoms with E-state index in [0.717, 1.165) is 25.7 Å². The number of phenols is 1. The van der Waals surface area contributed by atoms with E-state index >= 15 is 0 Å². The molecule has 2 aromatic carbocycles. The van der Waals surface area contributed by atoms with Gasteiger partial charge in [0.05, 0.1) is 6.04 Å². The summed E-state index contributed by atoms with van der Waals surface area (Å²) < 4.78 is 14.9. The lowest BCUT2D eigenvalue weighted by molar-refractivity contribution is 0.462. The second kappa shape index (κ2) is 6.76. The van der Waals surface area contributed by atoms with Crippen molar-refractivity contribution in [1.82, 2.24) is 0 Å². The van der Waals surface area contributed by atoms with Crippen molar-refractivity contribution in [3.05, 3.63) is 55.8 Å². The normalized spacial score (nSPS) is 12.2. The molecule has 0 fully saturated rings. The number of hydrogen-bond donors (Lipinski definition) is 2. The number of nitrogens with one attached hydrogen (secondary N) is 1. The van der Waals surface area contributed by atoms with Crippen LogP contribution in [0.1, 0.15) is 24.9 Å². The lowest BCUT2D eigenvalue weighted by Gasteiger charge is -2.21. The molecule has 5 heteroatoms. The SMILES string of the molecule is CCC(Nc1ccc(F)cc1I)c1cc(Br)ccc1O. The van der Waals surface area contributed by atoms with Crippen LogP contribution in [0.25, 0.3) is 0 Å². The van der Waals surface area contributed by atoms with Crippen molar-refractivity contribution in [3.63, 3.8) is 0 Å². The van der Waals surface area contributed by atoms with Crippen molar-refractivity contribution in [3.8, 4) is 5.75 Å². The summed E-state index contributed by atoms with van der Waals surface area (Å²) in [5.74, 6) is 0.00275. The Bertz CT molecular complexity index is 621. The molecule has 0 aliphatic heterocycles. The van der Waals surface area contributed by atoms with Crippen LogP contribution in [-0.4, -0.2) is 5.11 Å². The molecular weight excluding hydrogens is 436 g/mol. The van der Waals surface area contributed by atoms with E-state index in [1.54, 1.807) is 18.2 Å². The smallest absolute Gasteiger partial charge is 0.124 e. The molecule has 106 valence electrons. The number of rotatable bonds is 4. The molecule has 0 aliphatic carbocycles. The minimum absolute atomic E-state index is 0.0357. The zero-order valence-electron chi connectivity index (χ0n) is 10.8. The van der Waals surface area contributed by atoms with Gasteiger partial charge < -0.3 is 10.4 Å². The van der Waals surface area contributed by atoms with Gasteiger partial charge in [-0.25, -0.2) is 4.39 Å². The van der Waals surface area contributed by atoms with Gasteiger partial charge in [-0.05, 0) is 65.4 Å². The van der Waals surface area contributed by atoms with Gasteiger partial charge in [-0.15, -0.1) is 0 Å². The van der Waals surface area contributed by atoms with Crippen LogP contribution in [0.4, 0.5) is 10.1 Å². The molecule has 20 heavy (non-hydrogen) atoms. The van der Waals surface area contributed by atoms with Gasteiger partial charge in [0.2, 0.25) is 0 Å². The van der Waals surface area contributed by atoms with Crippen molar-refractivity contribution in [2.24, 2.45) is 0 Å². The Morgan fingerprint density at radius 3 is 2.70 bits per heavy atom. The van der Waals surface area contributed by atoms with E-state index < -0.39 is 0 Å². The molecule has 0 aromatic heterocycles. The molecule has 0 saturated heterocycles. The predicted octanol–water partition coefficient (Wildman–Crippen LogP) is 5.46. The molecule has 1 unspecified atom stereocenters. The van der Waals surface area contributed by atoms with E-state index in [-0.39, 0.29) is 17.6 Å². The Labute approximate surface area is 139 Å². The monoisotopic (exact) mass is 449 g/mol. The molecule has 2 N–H and O–H groups in total. The average molecular weight is 450 g/mol. The first-order chi connectivity index (χ1) is 9.51. The van der Waals surface area contributed by atoms with E-state index in [1.807, 2.05) is 13.0 Å². The first-order valence-corrected chi connectivity index (χ1v) is 8.08. The highest BCUT2D eigenvalue weighted by atomic mass is 127. The molecule has 1 atom stereocenters. The maximum Gasteiger partial charge on any atom is 0.124 e. The van der Waals surface area contributed by atoms with Gasteiger partial charge in [-0.3, -0.25) is 0 Å². The van der Waals surface area contributed by atoms with Crippen LogP contribution >= 0.6 is 38.5 Å². The molecule has 0 spiro atoms. The zero-order valence-corrected chi connectivity index (χ0v) is 14.6. The summed E-state index contributed by atoms with van der Waals surface area (Å²) in [4.78, 5) is 0. The second-order valence-corrected chi connectivity index (χ2v) is 6.51. The fourth-order valence-electron chi connectivity index (χ4n) is 2.00. The lowest BCUT2D eigenvalue weighted by Crippen LogP contribution is -2.11. The maximum atomic E-state index is 13.1. The Hall–Kier alpha value is -0.820. The molecule has 0 heterocycles. The molecule has 0 radical (unpaired) electrons. The summed E-state index contributed by atoms with van der Waals surface area (Å²) in [6.45, 7) is 2.04. The standard InChI is InChI=1S/C15H14BrFINO/c1-2-13(11-7-9(16)3-6-15(11)20)19-14-5-4-10(17)8-12(14)18/h3-8,13,19-20H,2H2,1H3. The highest BCUT2D eigenvalue weighted by Crippen LogP contribution is 2.33. The number of benzene rings is 2. The molecule has 0 aliphatic rings. The van der Waals surface area contributed by atoms with Crippen LogP contribution < -0.4 is 5.32 Å².